The van der Waals surface area contributed by atoms with Crippen LogP contribution in [0, 0.1) is 13.8 Å². The number of fused-ring (bicyclic) bond motifs is 1. The zero-order chi connectivity index (χ0) is 22.7. The number of sulfonamides is 1. The van der Waals surface area contributed by atoms with Gasteiger partial charge in [0.05, 0.1) is 11.9 Å². The van der Waals surface area contributed by atoms with Crippen LogP contribution in [0.3, 0.4) is 0 Å². The Bertz CT molecular complexity index is 1260. The lowest BCUT2D eigenvalue weighted by atomic mass is 9.99. The number of hydrogen-bond donors (Lipinski definition) is 0. The molecule has 2 aromatic carbocycles. The molecule has 166 valence electrons. The molecule has 0 radical (unpaired) electrons. The largest absolute Gasteiger partial charge is 0.340 e. The van der Waals surface area contributed by atoms with Gasteiger partial charge >= 0.3 is 0 Å². The monoisotopic (exact) mass is 449 g/mol. The number of carbonyl (C=O) groups is 1. The van der Waals surface area contributed by atoms with Crippen LogP contribution >= 0.6 is 0 Å². The number of para-hydroxylation sites is 1. The highest BCUT2D eigenvalue weighted by Gasteiger charge is 2.28. The van der Waals surface area contributed by atoms with E-state index in [0.717, 1.165) is 33.3 Å². The van der Waals surface area contributed by atoms with Crippen LogP contribution in [0.2, 0.25) is 0 Å². The number of carbonyl (C=O) groups excluding carboxylic acids is 1. The summed E-state index contributed by atoms with van der Waals surface area (Å²) in [5.41, 5.74) is 4.66. The number of benzene rings is 2. The smallest absolute Gasteiger partial charge is 0.236 e. The number of aryl methyl sites for hydroxylation is 2. The zero-order valence-electron chi connectivity index (χ0n) is 18.4. The average Bonchev–Trinajstić information content (AvgIpc) is 2.81. The molecule has 1 aliphatic rings. The van der Waals surface area contributed by atoms with E-state index in [1.807, 2.05) is 68.4 Å². The summed E-state index contributed by atoms with van der Waals surface area (Å²) >= 11 is 0. The molecule has 0 spiro atoms. The predicted octanol–water partition coefficient (Wildman–Crippen LogP) is 3.54. The SMILES string of the molecule is Cc1nc2ccccc2c(C)c1CC(=O)N1CCN(S(=O)(=O)/C=C/c2ccccc2)CC1. The maximum Gasteiger partial charge on any atom is 0.236 e. The topological polar surface area (TPSA) is 70.6 Å². The zero-order valence-corrected chi connectivity index (χ0v) is 19.2. The highest BCUT2D eigenvalue weighted by molar-refractivity contribution is 7.92. The van der Waals surface area contributed by atoms with E-state index in [0.29, 0.717) is 26.2 Å². The number of rotatable bonds is 5. The lowest BCUT2D eigenvalue weighted by Gasteiger charge is -2.33. The summed E-state index contributed by atoms with van der Waals surface area (Å²) in [4.78, 5) is 19.4. The molecule has 0 bridgehead atoms. The molecular formula is C25H27N3O3S. The Morgan fingerprint density at radius 2 is 1.62 bits per heavy atom. The molecule has 1 aromatic heterocycles. The fourth-order valence-electron chi connectivity index (χ4n) is 4.10. The summed E-state index contributed by atoms with van der Waals surface area (Å²) in [5, 5.41) is 2.30. The van der Waals surface area contributed by atoms with Gasteiger partial charge in [-0.2, -0.15) is 4.31 Å². The van der Waals surface area contributed by atoms with Crippen LogP contribution in [-0.4, -0.2) is 54.7 Å². The first-order valence-corrected chi connectivity index (χ1v) is 12.2. The van der Waals surface area contributed by atoms with Crippen molar-refractivity contribution in [3.63, 3.8) is 0 Å². The molecule has 0 unspecified atom stereocenters. The van der Waals surface area contributed by atoms with Crippen molar-refractivity contribution in [2.24, 2.45) is 0 Å². The van der Waals surface area contributed by atoms with E-state index in [4.69, 9.17) is 0 Å². The Labute approximate surface area is 189 Å². The van der Waals surface area contributed by atoms with Crippen molar-refractivity contribution < 1.29 is 13.2 Å². The molecule has 6 nitrogen and oxygen atoms in total. The van der Waals surface area contributed by atoms with E-state index in [1.54, 1.807) is 11.0 Å². The second kappa shape index (κ2) is 9.22. The normalized spacial score (nSPS) is 15.5. The molecule has 0 atom stereocenters. The predicted molar refractivity (Wildman–Crippen MR) is 127 cm³/mol. The van der Waals surface area contributed by atoms with Crippen molar-refractivity contribution in [2.75, 3.05) is 26.2 Å². The molecule has 32 heavy (non-hydrogen) atoms. The van der Waals surface area contributed by atoms with E-state index in [2.05, 4.69) is 4.98 Å². The molecule has 0 N–H and O–H groups in total. The van der Waals surface area contributed by atoms with E-state index in [1.165, 1.54) is 9.71 Å². The average molecular weight is 450 g/mol. The van der Waals surface area contributed by atoms with Crippen LogP contribution in [0.15, 0.2) is 60.0 Å². The van der Waals surface area contributed by atoms with E-state index < -0.39 is 10.0 Å². The molecule has 1 fully saturated rings. The summed E-state index contributed by atoms with van der Waals surface area (Å²) < 4.78 is 26.8. The number of nitrogens with zero attached hydrogens (tertiary/aromatic N) is 3. The molecule has 0 aliphatic carbocycles. The van der Waals surface area contributed by atoms with Gasteiger partial charge in [0.1, 0.15) is 0 Å². The molecule has 4 rings (SSSR count). The van der Waals surface area contributed by atoms with Crippen molar-refractivity contribution in [1.82, 2.24) is 14.2 Å². The maximum atomic E-state index is 13.0. The van der Waals surface area contributed by atoms with E-state index in [9.17, 15) is 13.2 Å². The van der Waals surface area contributed by atoms with Gasteiger partial charge in [0, 0.05) is 42.7 Å². The summed E-state index contributed by atoms with van der Waals surface area (Å²) in [7, 11) is -3.52. The molecule has 1 amide bonds. The summed E-state index contributed by atoms with van der Waals surface area (Å²) in [6.45, 7) is 5.32. The highest BCUT2D eigenvalue weighted by atomic mass is 32.2. The molecular weight excluding hydrogens is 422 g/mol. The third kappa shape index (κ3) is 4.74. The summed E-state index contributed by atoms with van der Waals surface area (Å²) in [6.07, 6.45) is 1.88. The Balaban J connectivity index is 1.41. The van der Waals surface area contributed by atoms with E-state index in [-0.39, 0.29) is 12.3 Å². The second-order valence-corrected chi connectivity index (χ2v) is 9.85. The Morgan fingerprint density at radius 1 is 0.969 bits per heavy atom. The summed E-state index contributed by atoms with van der Waals surface area (Å²) in [5.74, 6) is 0.00477. The first-order chi connectivity index (χ1) is 15.3. The number of aromatic nitrogens is 1. The van der Waals surface area contributed by atoms with Crippen molar-refractivity contribution in [3.8, 4) is 0 Å². The van der Waals surface area contributed by atoms with Gasteiger partial charge in [-0.1, -0.05) is 48.5 Å². The van der Waals surface area contributed by atoms with E-state index >= 15 is 0 Å². The van der Waals surface area contributed by atoms with Gasteiger partial charge in [-0.05, 0) is 42.7 Å². The number of amides is 1. The minimum absolute atomic E-state index is 0.00477. The lowest BCUT2D eigenvalue weighted by molar-refractivity contribution is -0.131. The molecule has 3 aromatic rings. The van der Waals surface area contributed by atoms with Gasteiger partial charge in [0.25, 0.3) is 0 Å². The summed E-state index contributed by atoms with van der Waals surface area (Å²) in [6, 6.07) is 17.3. The van der Waals surface area contributed by atoms with Crippen LogP contribution in [0.4, 0.5) is 0 Å². The minimum Gasteiger partial charge on any atom is -0.340 e. The molecule has 7 heteroatoms. The fourth-order valence-corrected chi connectivity index (χ4v) is 5.27. The quantitative estimate of drug-likeness (QED) is 0.597. The van der Waals surface area contributed by atoms with Gasteiger partial charge < -0.3 is 4.90 Å². The Kier molecular flexibility index (Phi) is 6.39. The van der Waals surface area contributed by atoms with Gasteiger partial charge in [0.2, 0.25) is 15.9 Å². The van der Waals surface area contributed by atoms with Gasteiger partial charge in [-0.3, -0.25) is 9.78 Å². The standard InChI is InChI=1S/C25H27N3O3S/c1-19-22-10-6-7-11-24(22)26-20(2)23(19)18-25(29)27-13-15-28(16-14-27)32(30,31)17-12-21-8-4-3-5-9-21/h3-12,17H,13-16,18H2,1-2H3/b17-12+. The van der Waals surface area contributed by atoms with Crippen molar-refractivity contribution >= 4 is 32.9 Å². The van der Waals surface area contributed by atoms with Crippen molar-refractivity contribution in [2.45, 2.75) is 20.3 Å². The first-order valence-electron chi connectivity index (χ1n) is 10.7. The fraction of sp³-hybridized carbons (Fsp3) is 0.280. The van der Waals surface area contributed by atoms with Crippen LogP contribution in [0.25, 0.3) is 17.0 Å². The second-order valence-electron chi connectivity index (χ2n) is 8.03. The number of pyridine rings is 1. The highest BCUT2D eigenvalue weighted by Crippen LogP contribution is 2.23. The number of piperazine rings is 1. The minimum atomic E-state index is -3.52. The Hall–Kier alpha value is -3.03. The molecule has 1 saturated heterocycles. The van der Waals surface area contributed by atoms with Crippen LogP contribution in [-0.2, 0) is 21.2 Å². The lowest BCUT2D eigenvalue weighted by Crippen LogP contribution is -2.50. The Morgan fingerprint density at radius 3 is 2.34 bits per heavy atom. The first kappa shape index (κ1) is 22.2. The van der Waals surface area contributed by atoms with Crippen LogP contribution in [0.1, 0.15) is 22.4 Å². The molecule has 2 heterocycles. The number of hydrogen-bond acceptors (Lipinski definition) is 4. The van der Waals surface area contributed by atoms with Gasteiger partial charge in [-0.15, -0.1) is 0 Å². The van der Waals surface area contributed by atoms with Crippen LogP contribution in [0.5, 0.6) is 0 Å². The third-order valence-electron chi connectivity index (χ3n) is 6.00. The molecule has 1 aliphatic heterocycles. The maximum absolute atomic E-state index is 13.0. The third-order valence-corrected chi connectivity index (χ3v) is 7.56. The van der Waals surface area contributed by atoms with Gasteiger partial charge in [-0.25, -0.2) is 8.42 Å². The van der Waals surface area contributed by atoms with Crippen molar-refractivity contribution in [3.05, 3.63) is 82.4 Å². The van der Waals surface area contributed by atoms with Crippen LogP contribution < -0.4 is 0 Å². The van der Waals surface area contributed by atoms with Crippen molar-refractivity contribution in [1.29, 1.82) is 0 Å². The van der Waals surface area contributed by atoms with Gasteiger partial charge in [0.15, 0.2) is 0 Å². The molecule has 0 saturated carbocycles.